The standard InChI is InChI=1S/C6H13F2N/c1-2-5(4-9)3-6(7)8/h5-6H,2-4,9H2,1H3. The lowest BCUT2D eigenvalue weighted by atomic mass is 10.0. The molecule has 1 nitrogen and oxygen atoms in total. The molecule has 0 aliphatic rings. The van der Waals surface area contributed by atoms with Crippen LogP contribution in [0.4, 0.5) is 8.78 Å². The van der Waals surface area contributed by atoms with E-state index in [1.165, 1.54) is 0 Å². The van der Waals surface area contributed by atoms with Gasteiger partial charge in [0.2, 0.25) is 6.43 Å². The minimum atomic E-state index is -2.20. The van der Waals surface area contributed by atoms with Gasteiger partial charge in [0.25, 0.3) is 0 Å². The van der Waals surface area contributed by atoms with E-state index in [0.717, 1.165) is 6.42 Å². The van der Waals surface area contributed by atoms with Crippen molar-refractivity contribution in [3.63, 3.8) is 0 Å². The van der Waals surface area contributed by atoms with Gasteiger partial charge >= 0.3 is 0 Å². The summed E-state index contributed by atoms with van der Waals surface area (Å²) in [4.78, 5) is 0. The molecule has 0 spiro atoms. The summed E-state index contributed by atoms with van der Waals surface area (Å²) in [6.07, 6.45) is -1.49. The van der Waals surface area contributed by atoms with E-state index in [2.05, 4.69) is 0 Å². The number of halogens is 2. The smallest absolute Gasteiger partial charge is 0.238 e. The van der Waals surface area contributed by atoms with E-state index in [1.54, 1.807) is 0 Å². The largest absolute Gasteiger partial charge is 0.330 e. The number of hydrogen-bond acceptors (Lipinski definition) is 1. The van der Waals surface area contributed by atoms with Crippen LogP contribution in [0.25, 0.3) is 0 Å². The molecule has 0 rings (SSSR count). The van der Waals surface area contributed by atoms with Crippen molar-refractivity contribution in [2.45, 2.75) is 26.2 Å². The van der Waals surface area contributed by atoms with Gasteiger partial charge in [-0.25, -0.2) is 8.78 Å². The van der Waals surface area contributed by atoms with Gasteiger partial charge in [-0.15, -0.1) is 0 Å². The average Bonchev–Trinajstić information content (AvgIpc) is 1.82. The van der Waals surface area contributed by atoms with Crippen molar-refractivity contribution in [2.75, 3.05) is 6.54 Å². The Morgan fingerprint density at radius 1 is 1.44 bits per heavy atom. The van der Waals surface area contributed by atoms with Gasteiger partial charge < -0.3 is 5.73 Å². The zero-order valence-corrected chi connectivity index (χ0v) is 5.61. The van der Waals surface area contributed by atoms with Crippen molar-refractivity contribution in [3.8, 4) is 0 Å². The van der Waals surface area contributed by atoms with E-state index in [0.29, 0.717) is 6.54 Å². The maximum Gasteiger partial charge on any atom is 0.238 e. The molecule has 0 saturated carbocycles. The molecular weight excluding hydrogens is 124 g/mol. The van der Waals surface area contributed by atoms with Gasteiger partial charge in [-0.2, -0.15) is 0 Å². The summed E-state index contributed by atoms with van der Waals surface area (Å²) in [5.74, 6) is 0.00463. The lowest BCUT2D eigenvalue weighted by Crippen LogP contribution is -2.16. The highest BCUT2D eigenvalue weighted by Gasteiger charge is 2.10. The van der Waals surface area contributed by atoms with Gasteiger partial charge in [0.05, 0.1) is 0 Å². The fraction of sp³-hybridized carbons (Fsp3) is 1.00. The molecule has 0 aromatic carbocycles. The summed E-state index contributed by atoms with van der Waals surface area (Å²) in [7, 11) is 0. The summed E-state index contributed by atoms with van der Waals surface area (Å²) >= 11 is 0. The molecule has 2 N–H and O–H groups in total. The van der Waals surface area contributed by atoms with Crippen LogP contribution in [-0.4, -0.2) is 13.0 Å². The highest BCUT2D eigenvalue weighted by atomic mass is 19.3. The molecule has 56 valence electrons. The molecule has 0 heterocycles. The van der Waals surface area contributed by atoms with Crippen molar-refractivity contribution in [1.29, 1.82) is 0 Å². The predicted molar refractivity (Wildman–Crippen MR) is 33.5 cm³/mol. The third-order valence-electron chi connectivity index (χ3n) is 1.42. The average molecular weight is 137 g/mol. The Balaban J connectivity index is 3.31. The first-order valence-corrected chi connectivity index (χ1v) is 3.18. The second-order valence-corrected chi connectivity index (χ2v) is 2.14. The van der Waals surface area contributed by atoms with Crippen molar-refractivity contribution < 1.29 is 8.78 Å². The Morgan fingerprint density at radius 3 is 2.11 bits per heavy atom. The van der Waals surface area contributed by atoms with E-state index >= 15 is 0 Å². The third-order valence-corrected chi connectivity index (χ3v) is 1.42. The zero-order chi connectivity index (χ0) is 7.28. The number of hydrogen-bond donors (Lipinski definition) is 1. The fourth-order valence-electron chi connectivity index (χ4n) is 0.682. The zero-order valence-electron chi connectivity index (χ0n) is 5.61. The van der Waals surface area contributed by atoms with Crippen molar-refractivity contribution in [1.82, 2.24) is 0 Å². The first kappa shape index (κ1) is 8.82. The predicted octanol–water partition coefficient (Wildman–Crippen LogP) is 1.63. The second kappa shape index (κ2) is 4.68. The SMILES string of the molecule is CCC(CN)CC(F)F. The van der Waals surface area contributed by atoms with E-state index in [1.807, 2.05) is 6.92 Å². The topological polar surface area (TPSA) is 26.0 Å². The molecule has 3 heteroatoms. The van der Waals surface area contributed by atoms with Crippen LogP contribution in [0.5, 0.6) is 0 Å². The minimum Gasteiger partial charge on any atom is -0.330 e. The molecule has 0 aromatic heterocycles. The van der Waals surface area contributed by atoms with E-state index < -0.39 is 6.43 Å². The summed E-state index contributed by atoms with van der Waals surface area (Å²) < 4.78 is 23.2. The lowest BCUT2D eigenvalue weighted by molar-refractivity contribution is 0.115. The minimum absolute atomic E-state index is 0.00463. The number of nitrogens with two attached hydrogens (primary N) is 1. The Kier molecular flexibility index (Phi) is 4.58. The highest BCUT2D eigenvalue weighted by molar-refractivity contribution is 4.57. The van der Waals surface area contributed by atoms with Crippen molar-refractivity contribution in [3.05, 3.63) is 0 Å². The van der Waals surface area contributed by atoms with Crippen LogP contribution in [-0.2, 0) is 0 Å². The molecule has 0 bridgehead atoms. The van der Waals surface area contributed by atoms with Crippen molar-refractivity contribution >= 4 is 0 Å². The first-order chi connectivity index (χ1) is 4.20. The van der Waals surface area contributed by atoms with Crippen LogP contribution < -0.4 is 5.73 Å². The molecule has 0 aliphatic carbocycles. The molecule has 1 atom stereocenters. The Labute approximate surface area is 54.2 Å². The quantitative estimate of drug-likeness (QED) is 0.626. The van der Waals surface area contributed by atoms with Crippen LogP contribution in [0.3, 0.4) is 0 Å². The molecule has 9 heavy (non-hydrogen) atoms. The van der Waals surface area contributed by atoms with E-state index in [9.17, 15) is 8.78 Å². The summed E-state index contributed by atoms with van der Waals surface area (Å²) in [6, 6.07) is 0. The van der Waals surface area contributed by atoms with Crippen LogP contribution >= 0.6 is 0 Å². The molecule has 1 unspecified atom stereocenters. The van der Waals surface area contributed by atoms with Gasteiger partial charge in [-0.1, -0.05) is 13.3 Å². The Morgan fingerprint density at radius 2 is 2.00 bits per heavy atom. The monoisotopic (exact) mass is 137 g/mol. The van der Waals surface area contributed by atoms with Gasteiger partial charge in [0.15, 0.2) is 0 Å². The third kappa shape index (κ3) is 4.33. The summed E-state index contributed by atoms with van der Waals surface area (Å²) in [6.45, 7) is 2.25. The molecule has 0 amide bonds. The first-order valence-electron chi connectivity index (χ1n) is 3.18. The summed E-state index contributed by atoms with van der Waals surface area (Å²) in [5.41, 5.74) is 5.20. The maximum absolute atomic E-state index is 11.6. The molecule has 0 saturated heterocycles. The number of rotatable bonds is 4. The molecular formula is C6H13F2N. The van der Waals surface area contributed by atoms with E-state index in [-0.39, 0.29) is 12.3 Å². The van der Waals surface area contributed by atoms with Gasteiger partial charge in [0.1, 0.15) is 0 Å². The highest BCUT2D eigenvalue weighted by Crippen LogP contribution is 2.11. The Bertz CT molecular complexity index is 62.1. The summed E-state index contributed by atoms with van der Waals surface area (Å²) in [5, 5.41) is 0. The lowest BCUT2D eigenvalue weighted by Gasteiger charge is -2.09. The van der Waals surface area contributed by atoms with E-state index in [4.69, 9.17) is 5.73 Å². The van der Waals surface area contributed by atoms with Crippen molar-refractivity contribution in [2.24, 2.45) is 11.7 Å². The molecule has 0 fully saturated rings. The van der Waals surface area contributed by atoms with Crippen LogP contribution in [0.2, 0.25) is 0 Å². The van der Waals surface area contributed by atoms with Gasteiger partial charge in [0, 0.05) is 6.42 Å². The van der Waals surface area contributed by atoms with Crippen LogP contribution in [0.1, 0.15) is 19.8 Å². The van der Waals surface area contributed by atoms with Gasteiger partial charge in [-0.05, 0) is 12.5 Å². The molecule has 0 radical (unpaired) electrons. The second-order valence-electron chi connectivity index (χ2n) is 2.14. The normalized spacial score (nSPS) is 14.3. The molecule has 0 aromatic rings. The molecule has 0 aliphatic heterocycles. The van der Waals surface area contributed by atoms with Gasteiger partial charge in [-0.3, -0.25) is 0 Å². The fourth-order valence-corrected chi connectivity index (χ4v) is 0.682. The van der Waals surface area contributed by atoms with Crippen LogP contribution in [0.15, 0.2) is 0 Å². The Hall–Kier alpha value is -0.180. The maximum atomic E-state index is 11.6. The number of alkyl halides is 2. The van der Waals surface area contributed by atoms with Crippen LogP contribution in [0, 0.1) is 5.92 Å².